The van der Waals surface area contributed by atoms with E-state index >= 15 is 0 Å². The average Bonchev–Trinajstić information content (AvgIpc) is 3.11. The summed E-state index contributed by atoms with van der Waals surface area (Å²) in [5.74, 6) is 1.17. The van der Waals surface area contributed by atoms with Crippen LogP contribution < -0.4 is 14.8 Å². The second kappa shape index (κ2) is 8.66. The predicted molar refractivity (Wildman–Crippen MR) is 103 cm³/mol. The molecule has 1 fully saturated rings. The van der Waals surface area contributed by atoms with E-state index in [4.69, 9.17) is 26.2 Å². The van der Waals surface area contributed by atoms with Crippen molar-refractivity contribution in [2.75, 3.05) is 19.0 Å². The Bertz CT molecular complexity index is 786. The minimum absolute atomic E-state index is 0.165. The molecule has 7 heteroatoms. The molecule has 1 heterocycles. The van der Waals surface area contributed by atoms with Crippen molar-refractivity contribution in [3.05, 3.63) is 58.6 Å². The highest BCUT2D eigenvalue weighted by molar-refractivity contribution is 7.99. The standard InChI is InChI=1S/C19H20ClNO4S/c1-12-4-2-3-5-16(12)24-8-9-25-17-7-6-13(20)10-14(17)18-21-15(11-26-18)19(22)23/h2-7,10,15,18,21H,8-9,11H2,1H3,(H,22,23). The van der Waals surface area contributed by atoms with Crippen molar-refractivity contribution in [3.63, 3.8) is 0 Å². The molecule has 0 spiro atoms. The number of nitrogens with one attached hydrogen (secondary N) is 1. The SMILES string of the molecule is Cc1ccccc1OCCOc1ccc(Cl)cc1C1NC(C(=O)O)CS1. The number of carbonyl (C=O) groups is 1. The highest BCUT2D eigenvalue weighted by Crippen LogP contribution is 2.39. The second-order valence-electron chi connectivity index (χ2n) is 5.92. The first-order chi connectivity index (χ1) is 12.5. The summed E-state index contributed by atoms with van der Waals surface area (Å²) >= 11 is 7.65. The van der Waals surface area contributed by atoms with Crippen LogP contribution in [0.4, 0.5) is 0 Å². The number of rotatable bonds is 7. The topological polar surface area (TPSA) is 67.8 Å². The van der Waals surface area contributed by atoms with Crippen molar-refractivity contribution in [1.82, 2.24) is 5.32 Å². The van der Waals surface area contributed by atoms with Gasteiger partial charge in [0.1, 0.15) is 30.8 Å². The third kappa shape index (κ3) is 4.63. The van der Waals surface area contributed by atoms with E-state index in [1.54, 1.807) is 6.07 Å². The number of hydrogen-bond acceptors (Lipinski definition) is 5. The summed E-state index contributed by atoms with van der Waals surface area (Å²) in [7, 11) is 0. The normalized spacial score (nSPS) is 19.3. The Morgan fingerprint density at radius 2 is 1.96 bits per heavy atom. The van der Waals surface area contributed by atoms with Gasteiger partial charge in [0.25, 0.3) is 0 Å². The second-order valence-corrected chi connectivity index (χ2v) is 7.49. The van der Waals surface area contributed by atoms with Gasteiger partial charge in [-0.25, -0.2) is 0 Å². The van der Waals surface area contributed by atoms with Crippen molar-refractivity contribution in [2.45, 2.75) is 18.3 Å². The number of aliphatic carboxylic acids is 1. The molecule has 2 aromatic rings. The third-order valence-electron chi connectivity index (χ3n) is 4.03. The zero-order valence-corrected chi connectivity index (χ0v) is 15.8. The molecule has 2 unspecified atom stereocenters. The van der Waals surface area contributed by atoms with Gasteiger partial charge < -0.3 is 14.6 Å². The van der Waals surface area contributed by atoms with E-state index in [-0.39, 0.29) is 5.37 Å². The summed E-state index contributed by atoms with van der Waals surface area (Å²) in [6.07, 6.45) is 0. The number of thioether (sulfide) groups is 1. The zero-order valence-electron chi connectivity index (χ0n) is 14.3. The molecular formula is C19H20ClNO4S. The van der Waals surface area contributed by atoms with Gasteiger partial charge >= 0.3 is 5.97 Å². The Labute approximate surface area is 161 Å². The summed E-state index contributed by atoms with van der Waals surface area (Å²) in [5, 5.41) is 12.7. The number of aryl methyl sites for hydroxylation is 1. The van der Waals surface area contributed by atoms with Crippen LogP contribution in [0.1, 0.15) is 16.5 Å². The Kier molecular flexibility index (Phi) is 6.29. The first-order valence-corrected chi connectivity index (χ1v) is 9.68. The molecule has 1 saturated heterocycles. The smallest absolute Gasteiger partial charge is 0.321 e. The molecule has 0 saturated carbocycles. The van der Waals surface area contributed by atoms with E-state index in [0.29, 0.717) is 29.7 Å². The predicted octanol–water partition coefficient (Wildman–Crippen LogP) is 3.89. The van der Waals surface area contributed by atoms with Crippen molar-refractivity contribution in [3.8, 4) is 11.5 Å². The zero-order chi connectivity index (χ0) is 18.5. The monoisotopic (exact) mass is 393 g/mol. The van der Waals surface area contributed by atoms with Gasteiger partial charge in [-0.15, -0.1) is 11.8 Å². The van der Waals surface area contributed by atoms with Crippen molar-refractivity contribution >= 4 is 29.3 Å². The Hall–Kier alpha value is -1.89. The van der Waals surface area contributed by atoms with Gasteiger partial charge in [0.2, 0.25) is 0 Å². The minimum Gasteiger partial charge on any atom is -0.490 e. The Balaban J connectivity index is 1.61. The van der Waals surface area contributed by atoms with E-state index in [2.05, 4.69) is 5.32 Å². The molecule has 1 aliphatic heterocycles. The number of carboxylic acids is 1. The van der Waals surface area contributed by atoms with Crippen LogP contribution in [0.5, 0.6) is 11.5 Å². The first-order valence-electron chi connectivity index (χ1n) is 8.26. The van der Waals surface area contributed by atoms with Gasteiger partial charge in [-0.2, -0.15) is 0 Å². The van der Waals surface area contributed by atoms with E-state index in [0.717, 1.165) is 16.9 Å². The summed E-state index contributed by atoms with van der Waals surface area (Å²) in [5.41, 5.74) is 1.92. The maximum atomic E-state index is 11.2. The molecular weight excluding hydrogens is 374 g/mol. The molecule has 0 radical (unpaired) electrons. The molecule has 138 valence electrons. The lowest BCUT2D eigenvalue weighted by molar-refractivity contribution is -0.138. The highest BCUT2D eigenvalue weighted by atomic mass is 35.5. The average molecular weight is 394 g/mol. The summed E-state index contributed by atoms with van der Waals surface area (Å²) in [6, 6.07) is 12.6. The highest BCUT2D eigenvalue weighted by Gasteiger charge is 2.32. The maximum absolute atomic E-state index is 11.2. The molecule has 3 rings (SSSR count). The van der Waals surface area contributed by atoms with E-state index in [1.807, 2.05) is 43.3 Å². The molecule has 2 atom stereocenters. The van der Waals surface area contributed by atoms with Crippen LogP contribution in [-0.4, -0.2) is 36.1 Å². The third-order valence-corrected chi connectivity index (χ3v) is 5.51. The quantitative estimate of drug-likeness (QED) is 0.695. The van der Waals surface area contributed by atoms with Gasteiger partial charge in [0.15, 0.2) is 0 Å². The van der Waals surface area contributed by atoms with E-state index < -0.39 is 12.0 Å². The van der Waals surface area contributed by atoms with Crippen molar-refractivity contribution in [2.24, 2.45) is 0 Å². The summed E-state index contributed by atoms with van der Waals surface area (Å²) < 4.78 is 11.6. The van der Waals surface area contributed by atoms with Gasteiger partial charge in [-0.05, 0) is 36.8 Å². The van der Waals surface area contributed by atoms with Crippen LogP contribution in [0.2, 0.25) is 5.02 Å². The van der Waals surface area contributed by atoms with Crippen LogP contribution in [0.15, 0.2) is 42.5 Å². The molecule has 5 nitrogen and oxygen atoms in total. The maximum Gasteiger partial charge on any atom is 0.321 e. The molecule has 1 aliphatic rings. The number of carboxylic acid groups (broad SMARTS) is 1. The molecule has 0 bridgehead atoms. The van der Waals surface area contributed by atoms with Crippen LogP contribution in [-0.2, 0) is 4.79 Å². The van der Waals surface area contributed by atoms with Crippen LogP contribution in [0.3, 0.4) is 0 Å². The van der Waals surface area contributed by atoms with E-state index in [1.165, 1.54) is 11.8 Å². The molecule has 0 aliphatic carbocycles. The fraction of sp³-hybridized carbons (Fsp3) is 0.316. The summed E-state index contributed by atoms with van der Waals surface area (Å²) in [6.45, 7) is 2.79. The van der Waals surface area contributed by atoms with Crippen LogP contribution >= 0.6 is 23.4 Å². The molecule has 2 N–H and O–H groups in total. The first kappa shape index (κ1) is 18.9. The Morgan fingerprint density at radius 3 is 2.65 bits per heavy atom. The van der Waals surface area contributed by atoms with Crippen LogP contribution in [0, 0.1) is 6.92 Å². The fourth-order valence-electron chi connectivity index (χ4n) is 2.67. The van der Waals surface area contributed by atoms with Gasteiger partial charge in [0, 0.05) is 16.3 Å². The van der Waals surface area contributed by atoms with Gasteiger partial charge in [-0.3, -0.25) is 10.1 Å². The minimum atomic E-state index is -0.851. The number of para-hydroxylation sites is 1. The van der Waals surface area contributed by atoms with Gasteiger partial charge in [-0.1, -0.05) is 29.8 Å². The summed E-state index contributed by atoms with van der Waals surface area (Å²) in [4.78, 5) is 11.2. The molecule has 0 aromatic heterocycles. The number of hydrogen-bond donors (Lipinski definition) is 2. The number of ether oxygens (including phenoxy) is 2. The largest absolute Gasteiger partial charge is 0.490 e. The van der Waals surface area contributed by atoms with Crippen LogP contribution in [0.25, 0.3) is 0 Å². The van der Waals surface area contributed by atoms with E-state index in [9.17, 15) is 4.79 Å². The van der Waals surface area contributed by atoms with Crippen molar-refractivity contribution in [1.29, 1.82) is 0 Å². The lowest BCUT2D eigenvalue weighted by Gasteiger charge is -2.17. The Morgan fingerprint density at radius 1 is 1.23 bits per heavy atom. The molecule has 26 heavy (non-hydrogen) atoms. The number of halogens is 1. The lowest BCUT2D eigenvalue weighted by atomic mass is 10.2. The molecule has 0 amide bonds. The van der Waals surface area contributed by atoms with Crippen molar-refractivity contribution < 1.29 is 19.4 Å². The molecule has 2 aromatic carbocycles. The number of benzene rings is 2. The lowest BCUT2D eigenvalue weighted by Crippen LogP contribution is -2.33. The van der Waals surface area contributed by atoms with Gasteiger partial charge in [0.05, 0.1) is 5.37 Å². The fourth-order valence-corrected chi connectivity index (χ4v) is 4.10.